The van der Waals surface area contributed by atoms with Crippen LogP contribution < -0.4 is 15.8 Å². The van der Waals surface area contributed by atoms with Gasteiger partial charge in [0.25, 0.3) is 5.91 Å². The summed E-state index contributed by atoms with van der Waals surface area (Å²) in [4.78, 5) is 21.3. The molecule has 3 heterocycles. The number of benzene rings is 1. The molecule has 42 heavy (non-hydrogen) atoms. The number of pyridine rings is 2. The van der Waals surface area contributed by atoms with Crippen molar-refractivity contribution in [1.29, 1.82) is 0 Å². The van der Waals surface area contributed by atoms with E-state index in [0.29, 0.717) is 31.7 Å². The van der Waals surface area contributed by atoms with E-state index in [1.807, 2.05) is 6.92 Å². The Kier molecular flexibility index (Phi) is 8.81. The molecule has 1 saturated carbocycles. The fourth-order valence-corrected chi connectivity index (χ4v) is 5.71. The van der Waals surface area contributed by atoms with Crippen LogP contribution in [0.1, 0.15) is 61.5 Å². The van der Waals surface area contributed by atoms with Crippen molar-refractivity contribution in [3.8, 4) is 17.0 Å². The number of amides is 1. The van der Waals surface area contributed by atoms with Gasteiger partial charge in [0.2, 0.25) is 0 Å². The predicted molar refractivity (Wildman–Crippen MR) is 151 cm³/mol. The fraction of sp³-hybridized carbons (Fsp3) is 0.452. The first kappa shape index (κ1) is 29.9. The summed E-state index contributed by atoms with van der Waals surface area (Å²) < 4.78 is 56.0. The van der Waals surface area contributed by atoms with Gasteiger partial charge < -0.3 is 25.6 Å². The molecule has 0 spiro atoms. The van der Waals surface area contributed by atoms with Gasteiger partial charge in [-0.2, -0.15) is 0 Å². The number of nitrogens with one attached hydrogen (secondary N) is 1. The minimum Gasteiger partial charge on any atom is -0.493 e. The monoisotopic (exact) mass is 584 g/mol. The Balaban J connectivity index is 1.35. The summed E-state index contributed by atoms with van der Waals surface area (Å²) >= 11 is 0. The second kappa shape index (κ2) is 12.4. The summed E-state index contributed by atoms with van der Waals surface area (Å²) in [6.45, 7) is 5.17. The molecule has 0 bridgehead atoms. The van der Waals surface area contributed by atoms with Crippen molar-refractivity contribution < 1.29 is 32.5 Å². The van der Waals surface area contributed by atoms with Crippen molar-refractivity contribution in [2.75, 3.05) is 25.1 Å². The molecule has 1 aromatic carbocycles. The number of aliphatic hydroxyl groups is 1. The van der Waals surface area contributed by atoms with Gasteiger partial charge in [0.15, 0.2) is 0 Å². The van der Waals surface area contributed by atoms with Crippen LogP contribution in [-0.4, -0.2) is 52.4 Å². The van der Waals surface area contributed by atoms with E-state index in [1.54, 1.807) is 19.2 Å². The molecule has 4 atom stereocenters. The van der Waals surface area contributed by atoms with E-state index in [-0.39, 0.29) is 35.8 Å². The zero-order chi connectivity index (χ0) is 30.0. The molecule has 1 aliphatic heterocycles. The molecule has 2 fully saturated rings. The Morgan fingerprint density at radius 1 is 1.14 bits per heavy atom. The Labute approximate surface area is 242 Å². The quantitative estimate of drug-likeness (QED) is 0.349. The lowest BCUT2D eigenvalue weighted by Crippen LogP contribution is -2.54. The van der Waals surface area contributed by atoms with Crippen LogP contribution >= 0.6 is 0 Å². The first-order valence-corrected chi connectivity index (χ1v) is 14.1. The topological polar surface area (TPSA) is 120 Å². The van der Waals surface area contributed by atoms with Gasteiger partial charge in [-0.3, -0.25) is 9.78 Å². The van der Waals surface area contributed by atoms with Crippen LogP contribution in [0.25, 0.3) is 11.3 Å². The number of anilines is 1. The van der Waals surface area contributed by atoms with Crippen LogP contribution in [0.15, 0.2) is 42.7 Å². The molecule has 1 saturated heterocycles. The summed E-state index contributed by atoms with van der Waals surface area (Å²) in [5, 5.41) is 13.5. The molecule has 0 unspecified atom stereocenters. The van der Waals surface area contributed by atoms with E-state index in [1.165, 1.54) is 6.20 Å². The van der Waals surface area contributed by atoms with Crippen LogP contribution in [0.5, 0.6) is 5.75 Å². The molecular weight excluding hydrogens is 549 g/mol. The zero-order valence-corrected chi connectivity index (χ0v) is 23.6. The van der Waals surface area contributed by atoms with Crippen molar-refractivity contribution in [3.05, 3.63) is 71.4 Å². The molecule has 0 radical (unpaired) electrons. The lowest BCUT2D eigenvalue weighted by Gasteiger charge is -2.44. The maximum Gasteiger partial charge on any atom is 0.274 e. The van der Waals surface area contributed by atoms with Crippen molar-refractivity contribution >= 4 is 11.6 Å². The minimum atomic E-state index is -1.06. The number of halogens is 3. The maximum absolute atomic E-state index is 15.1. The Hall–Kier alpha value is -3.54. The summed E-state index contributed by atoms with van der Waals surface area (Å²) in [7, 11) is 0. The van der Waals surface area contributed by atoms with Crippen molar-refractivity contribution in [2.24, 2.45) is 17.6 Å². The number of nitrogens with zero attached hydrogens (tertiary/aromatic N) is 2. The summed E-state index contributed by atoms with van der Waals surface area (Å²) in [6, 6.07) is 5.37. The van der Waals surface area contributed by atoms with E-state index >= 15 is 8.78 Å². The average molecular weight is 585 g/mol. The number of aromatic nitrogens is 2. The van der Waals surface area contributed by atoms with Gasteiger partial charge in [0, 0.05) is 37.6 Å². The predicted octanol–water partition coefficient (Wildman–Crippen LogP) is 5.21. The molecule has 224 valence electrons. The number of hydrogen-bond donors (Lipinski definition) is 3. The molecule has 8 nitrogen and oxygen atoms in total. The van der Waals surface area contributed by atoms with Crippen molar-refractivity contribution in [3.63, 3.8) is 0 Å². The summed E-state index contributed by atoms with van der Waals surface area (Å²) in [5.74, 6) is -3.76. The fourth-order valence-electron chi connectivity index (χ4n) is 5.71. The van der Waals surface area contributed by atoms with Crippen LogP contribution in [0, 0.1) is 29.3 Å². The standard InChI is InChI=1S/C31H35F3N4O4/c1-17-11-19(12-27(35)31(17,2)40)21-5-8-36-15-26(21)38-30(39)25-4-3-22(32)29(37-25)28-23(33)13-20(14-24(28)34)42-16-18-6-9-41-10-7-18/h3-5,8,13-15,17-19,27,40H,6-7,9-12,16,35H2,1-2H3,(H,38,39)/t17-,19+,27+,31+/m0/s1. The van der Waals surface area contributed by atoms with E-state index < -0.39 is 46.3 Å². The molecule has 2 aromatic heterocycles. The highest BCUT2D eigenvalue weighted by molar-refractivity contribution is 6.03. The molecule has 5 rings (SSSR count). The van der Waals surface area contributed by atoms with Crippen LogP contribution in [0.4, 0.5) is 18.9 Å². The summed E-state index contributed by atoms with van der Waals surface area (Å²) in [5.41, 5.74) is 4.89. The van der Waals surface area contributed by atoms with Crippen molar-refractivity contribution in [2.45, 2.75) is 57.1 Å². The Morgan fingerprint density at radius 2 is 1.86 bits per heavy atom. The first-order valence-electron chi connectivity index (χ1n) is 14.1. The number of hydrogen-bond acceptors (Lipinski definition) is 7. The molecular formula is C31H35F3N4O4. The number of carbonyl (C=O) groups is 1. The minimum absolute atomic E-state index is 0.0167. The summed E-state index contributed by atoms with van der Waals surface area (Å²) in [6.07, 6.45) is 5.81. The average Bonchev–Trinajstić information content (AvgIpc) is 2.96. The van der Waals surface area contributed by atoms with Crippen LogP contribution in [0.2, 0.25) is 0 Å². The number of ether oxygens (including phenoxy) is 2. The lowest BCUT2D eigenvalue weighted by atomic mass is 9.68. The Morgan fingerprint density at radius 3 is 2.55 bits per heavy atom. The van der Waals surface area contributed by atoms with E-state index in [4.69, 9.17) is 15.2 Å². The van der Waals surface area contributed by atoms with Crippen LogP contribution in [0.3, 0.4) is 0 Å². The smallest absolute Gasteiger partial charge is 0.274 e. The van der Waals surface area contributed by atoms with Crippen LogP contribution in [-0.2, 0) is 4.74 Å². The second-order valence-electron chi connectivity index (χ2n) is 11.5. The van der Waals surface area contributed by atoms with Gasteiger partial charge >= 0.3 is 0 Å². The van der Waals surface area contributed by atoms with Gasteiger partial charge in [-0.25, -0.2) is 18.2 Å². The molecule has 4 N–H and O–H groups in total. The highest BCUT2D eigenvalue weighted by Gasteiger charge is 2.42. The zero-order valence-electron chi connectivity index (χ0n) is 23.6. The molecule has 3 aromatic rings. The lowest BCUT2D eigenvalue weighted by molar-refractivity contribution is -0.0463. The van der Waals surface area contributed by atoms with Gasteiger partial charge in [0.1, 0.15) is 34.6 Å². The van der Waals surface area contributed by atoms with Crippen molar-refractivity contribution in [1.82, 2.24) is 9.97 Å². The van der Waals surface area contributed by atoms with Gasteiger partial charge in [-0.05, 0) is 74.1 Å². The van der Waals surface area contributed by atoms with Gasteiger partial charge in [-0.15, -0.1) is 0 Å². The SMILES string of the molecule is C[C@H]1C[C@@H](c2ccncc2NC(=O)c2ccc(F)c(-c3c(F)cc(OCC4CCOCC4)cc3F)n2)C[C@@H](N)[C@]1(C)O. The number of carbonyl (C=O) groups excluding carboxylic acids is 1. The maximum atomic E-state index is 15.1. The second-order valence-corrected chi connectivity index (χ2v) is 11.5. The number of nitrogens with two attached hydrogens (primary N) is 1. The third-order valence-corrected chi connectivity index (χ3v) is 8.63. The highest BCUT2D eigenvalue weighted by atomic mass is 19.1. The third kappa shape index (κ3) is 6.28. The van der Waals surface area contributed by atoms with E-state index in [0.717, 1.165) is 42.7 Å². The van der Waals surface area contributed by atoms with E-state index in [9.17, 15) is 14.3 Å². The molecule has 1 amide bonds. The normalized spacial score (nSPS) is 24.8. The van der Waals surface area contributed by atoms with Gasteiger partial charge in [-0.1, -0.05) is 6.92 Å². The number of rotatable bonds is 7. The largest absolute Gasteiger partial charge is 0.493 e. The van der Waals surface area contributed by atoms with Gasteiger partial charge in [0.05, 0.1) is 29.7 Å². The molecule has 11 heteroatoms. The first-order chi connectivity index (χ1) is 20.0. The highest BCUT2D eigenvalue weighted by Crippen LogP contribution is 2.43. The van der Waals surface area contributed by atoms with E-state index in [2.05, 4.69) is 15.3 Å². The molecule has 2 aliphatic rings. The molecule has 1 aliphatic carbocycles. The Bertz CT molecular complexity index is 1410. The third-order valence-electron chi connectivity index (χ3n) is 8.63.